The van der Waals surface area contributed by atoms with Crippen LogP contribution in [0.25, 0.3) is 0 Å². The molecule has 1 atom stereocenters. The molecule has 0 unspecified atom stereocenters. The van der Waals surface area contributed by atoms with Crippen molar-refractivity contribution in [2.45, 2.75) is 12.5 Å². The minimum atomic E-state index is -1.50. The van der Waals surface area contributed by atoms with Gasteiger partial charge >= 0.3 is 5.97 Å². The monoisotopic (exact) mass is 328 g/mol. The average Bonchev–Trinajstić information content (AvgIpc) is 2.81. The Morgan fingerprint density at radius 3 is 2.42 bits per heavy atom. The number of carbonyl (C=O) groups is 3. The van der Waals surface area contributed by atoms with E-state index in [1.807, 2.05) is 0 Å². The van der Waals surface area contributed by atoms with E-state index in [1.165, 1.54) is 36.4 Å². The van der Waals surface area contributed by atoms with Crippen molar-refractivity contribution in [2.75, 3.05) is 0 Å². The fourth-order valence-corrected chi connectivity index (χ4v) is 2.63. The Bertz CT molecular complexity index is 910. The Hall–Kier alpha value is -3.35. The van der Waals surface area contributed by atoms with Gasteiger partial charge in [0.25, 0.3) is 11.8 Å². The molecule has 0 aliphatic carbocycles. The first kappa shape index (κ1) is 14.3. The molecule has 1 aliphatic rings. The normalized spacial score (nSPS) is 15.2. The van der Waals surface area contributed by atoms with Crippen LogP contribution in [0.1, 0.15) is 27.7 Å². The molecule has 0 spiro atoms. The molecular weight excluding hydrogens is 314 g/mol. The van der Waals surface area contributed by atoms with E-state index < -0.39 is 29.6 Å². The number of carbonyl (C=O) groups excluding carboxylic acids is 2. The largest absolute Gasteiger partial charge is 0.504 e. The Morgan fingerprint density at radius 2 is 1.79 bits per heavy atom. The van der Waals surface area contributed by atoms with Gasteiger partial charge in [0.2, 0.25) is 0 Å². The number of fused-ring (bicyclic) bond motifs is 1. The van der Waals surface area contributed by atoms with Crippen LogP contribution in [-0.2, 0) is 11.2 Å². The lowest BCUT2D eigenvalue weighted by Crippen LogP contribution is -2.46. The summed E-state index contributed by atoms with van der Waals surface area (Å²) in [5.74, 6) is -3.80. The number of phenolic OH excluding ortho intramolecular Hbond substituents is 2. The number of benzene rings is 2. The predicted octanol–water partition coefficient (Wildman–Crippen LogP) is 1.39. The molecule has 0 fully saturated rings. The lowest BCUT2D eigenvalue weighted by molar-refractivity contribution is -0.141. The summed E-state index contributed by atoms with van der Waals surface area (Å²) in [6.07, 6.45) is -0.248. The van der Waals surface area contributed by atoms with E-state index in [1.54, 1.807) is 0 Å². The van der Waals surface area contributed by atoms with E-state index >= 15 is 0 Å². The van der Waals surface area contributed by atoms with Crippen molar-refractivity contribution < 1.29 is 31.1 Å². The van der Waals surface area contributed by atoms with Gasteiger partial charge in [-0.25, -0.2) is 4.79 Å². The van der Waals surface area contributed by atoms with Crippen LogP contribution in [0, 0.1) is 0 Å². The number of amides is 2. The predicted molar refractivity (Wildman–Crippen MR) is 81.8 cm³/mol. The fraction of sp³-hybridized carbons (Fsp3) is 0.118. The third-order valence-corrected chi connectivity index (χ3v) is 3.80. The van der Waals surface area contributed by atoms with Crippen molar-refractivity contribution in [1.82, 2.24) is 4.90 Å². The summed E-state index contributed by atoms with van der Waals surface area (Å²) in [5.41, 5.74) is 0.204. The van der Waals surface area contributed by atoms with Gasteiger partial charge in [0.1, 0.15) is 6.04 Å². The maximum Gasteiger partial charge on any atom is 0.327 e. The van der Waals surface area contributed by atoms with Gasteiger partial charge in [0.05, 0.1) is 12.5 Å². The van der Waals surface area contributed by atoms with Crippen LogP contribution in [0.5, 0.6) is 11.5 Å². The van der Waals surface area contributed by atoms with Crippen LogP contribution in [0.2, 0.25) is 0 Å². The van der Waals surface area contributed by atoms with Gasteiger partial charge in [-0.3, -0.25) is 14.5 Å². The first-order valence-corrected chi connectivity index (χ1v) is 7.02. The summed E-state index contributed by atoms with van der Waals surface area (Å²) in [5, 5.41) is 28.4. The summed E-state index contributed by atoms with van der Waals surface area (Å²) in [6, 6.07) is 6.26. The highest BCUT2D eigenvalue weighted by molar-refractivity contribution is 6.22. The zero-order chi connectivity index (χ0) is 18.3. The van der Waals surface area contributed by atoms with E-state index in [2.05, 4.69) is 0 Å². The molecule has 122 valence electrons. The Balaban J connectivity index is 1.98. The molecule has 7 heteroatoms. The van der Waals surface area contributed by atoms with Gasteiger partial charge in [-0.1, -0.05) is 18.2 Å². The van der Waals surface area contributed by atoms with Crippen LogP contribution in [-0.4, -0.2) is 44.0 Å². The smallest absolute Gasteiger partial charge is 0.327 e. The van der Waals surface area contributed by atoms with Crippen molar-refractivity contribution in [3.63, 3.8) is 0 Å². The molecule has 24 heavy (non-hydrogen) atoms. The van der Waals surface area contributed by atoms with Gasteiger partial charge in [-0.2, -0.15) is 0 Å². The number of carboxylic acids is 1. The molecule has 0 bridgehead atoms. The minimum absolute atomic E-state index is 0.00250. The van der Waals surface area contributed by atoms with E-state index in [-0.39, 0.29) is 29.3 Å². The number of nitrogens with zero attached hydrogens (tertiary/aromatic N) is 1. The summed E-state index contributed by atoms with van der Waals surface area (Å²) in [4.78, 5) is 37.3. The second kappa shape index (κ2) is 5.69. The Morgan fingerprint density at radius 1 is 1.08 bits per heavy atom. The van der Waals surface area contributed by atoms with Crippen molar-refractivity contribution in [2.24, 2.45) is 0 Å². The standard InChI is InChI=1S/C17H13NO6/c19-13-6-5-9(8-14(13)20)7-12(17(23)24)18-15(21)10-3-1-2-4-11(10)16(18)22/h1-6,8,12,19-20H,7H2,(H,23,24)/t12-/m0/s1/i3D. The van der Waals surface area contributed by atoms with Crippen molar-refractivity contribution in [1.29, 1.82) is 0 Å². The zero-order valence-corrected chi connectivity index (χ0v) is 12.3. The zero-order valence-electron chi connectivity index (χ0n) is 13.3. The molecule has 0 aromatic heterocycles. The molecule has 0 saturated heterocycles. The summed E-state index contributed by atoms with van der Waals surface area (Å²) in [7, 11) is 0. The SMILES string of the molecule is [2H]c1cccc2c1C(=O)N([C@@H](Cc1ccc(O)c(O)c1)C(=O)O)C2=O. The molecule has 2 aromatic rings. The van der Waals surface area contributed by atoms with Crippen molar-refractivity contribution in [3.8, 4) is 11.5 Å². The number of hydrogen-bond acceptors (Lipinski definition) is 5. The molecule has 2 aromatic carbocycles. The molecule has 1 aliphatic heterocycles. The second-order valence-electron chi connectivity index (χ2n) is 5.32. The quantitative estimate of drug-likeness (QED) is 0.577. The molecular formula is C17H13NO6. The summed E-state index contributed by atoms with van der Waals surface area (Å²) < 4.78 is 7.78. The van der Waals surface area contributed by atoms with Gasteiger partial charge in [-0.05, 0) is 29.8 Å². The van der Waals surface area contributed by atoms with Gasteiger partial charge < -0.3 is 15.3 Å². The number of aliphatic carboxylic acids is 1. The number of aromatic hydroxyl groups is 2. The van der Waals surface area contributed by atoms with Crippen LogP contribution >= 0.6 is 0 Å². The van der Waals surface area contributed by atoms with Gasteiger partial charge in [0, 0.05) is 6.42 Å². The lowest BCUT2D eigenvalue weighted by atomic mass is 10.0. The molecule has 0 radical (unpaired) electrons. The third kappa shape index (κ3) is 2.45. The number of carboxylic acid groups (broad SMARTS) is 1. The van der Waals surface area contributed by atoms with E-state index in [4.69, 9.17) is 1.37 Å². The van der Waals surface area contributed by atoms with Crippen LogP contribution in [0.4, 0.5) is 0 Å². The number of rotatable bonds is 4. The number of imide groups is 1. The van der Waals surface area contributed by atoms with Crippen molar-refractivity contribution in [3.05, 3.63) is 59.1 Å². The number of hydrogen-bond donors (Lipinski definition) is 3. The summed E-state index contributed by atoms with van der Waals surface area (Å²) >= 11 is 0. The van der Waals surface area contributed by atoms with Gasteiger partial charge in [-0.15, -0.1) is 0 Å². The first-order chi connectivity index (χ1) is 11.8. The van der Waals surface area contributed by atoms with E-state index in [0.29, 0.717) is 10.5 Å². The highest BCUT2D eigenvalue weighted by Crippen LogP contribution is 2.29. The molecule has 2 amide bonds. The first-order valence-electron chi connectivity index (χ1n) is 7.52. The Labute approximate surface area is 137 Å². The molecule has 3 rings (SSSR count). The topological polar surface area (TPSA) is 115 Å². The van der Waals surface area contributed by atoms with Crippen molar-refractivity contribution >= 4 is 17.8 Å². The Kier molecular flexibility index (Phi) is 3.38. The highest BCUT2D eigenvalue weighted by Gasteiger charge is 2.42. The fourth-order valence-electron chi connectivity index (χ4n) is 2.63. The van der Waals surface area contributed by atoms with Crippen LogP contribution in [0.15, 0.2) is 42.4 Å². The number of phenols is 2. The van der Waals surface area contributed by atoms with Crippen LogP contribution < -0.4 is 0 Å². The molecule has 3 N–H and O–H groups in total. The molecule has 7 nitrogen and oxygen atoms in total. The maximum atomic E-state index is 12.5. The van der Waals surface area contributed by atoms with Crippen LogP contribution in [0.3, 0.4) is 0 Å². The van der Waals surface area contributed by atoms with E-state index in [0.717, 1.165) is 0 Å². The maximum absolute atomic E-state index is 12.5. The second-order valence-corrected chi connectivity index (χ2v) is 5.32. The van der Waals surface area contributed by atoms with Gasteiger partial charge in [0.15, 0.2) is 11.5 Å². The molecule has 1 heterocycles. The lowest BCUT2D eigenvalue weighted by Gasteiger charge is -2.22. The minimum Gasteiger partial charge on any atom is -0.504 e. The molecule has 0 saturated carbocycles. The highest BCUT2D eigenvalue weighted by atomic mass is 16.4. The average molecular weight is 328 g/mol. The summed E-state index contributed by atoms with van der Waals surface area (Å²) in [6.45, 7) is 0. The third-order valence-electron chi connectivity index (χ3n) is 3.80. The van der Waals surface area contributed by atoms with E-state index in [9.17, 15) is 29.7 Å².